The predicted octanol–water partition coefficient (Wildman–Crippen LogP) is 3.66. The Morgan fingerprint density at radius 3 is 2.78 bits per heavy atom. The number of halogens is 1. The Labute approximate surface area is 159 Å². The number of ether oxygens (including phenoxy) is 1. The number of hydrogen-bond acceptors (Lipinski definition) is 4. The molecule has 1 saturated heterocycles. The Kier molecular flexibility index (Phi) is 6.76. The van der Waals surface area contributed by atoms with Crippen LogP contribution in [0.2, 0.25) is 0 Å². The van der Waals surface area contributed by atoms with E-state index in [4.69, 9.17) is 4.74 Å². The molecular formula is C21H26FN3O2. The molecule has 27 heavy (non-hydrogen) atoms. The molecule has 1 aromatic carbocycles. The van der Waals surface area contributed by atoms with Crippen molar-refractivity contribution in [2.24, 2.45) is 11.8 Å². The molecule has 2 N–H and O–H groups in total. The second-order valence-electron chi connectivity index (χ2n) is 7.10. The zero-order valence-electron chi connectivity index (χ0n) is 15.6. The topological polar surface area (TPSA) is 63.2 Å². The summed E-state index contributed by atoms with van der Waals surface area (Å²) in [7, 11) is 0. The van der Waals surface area contributed by atoms with Crippen molar-refractivity contribution in [3.63, 3.8) is 0 Å². The maximum Gasteiger partial charge on any atom is 0.220 e. The van der Waals surface area contributed by atoms with Crippen LogP contribution in [0.3, 0.4) is 0 Å². The Balaban J connectivity index is 1.48. The summed E-state index contributed by atoms with van der Waals surface area (Å²) in [5.41, 5.74) is 0.907. The lowest BCUT2D eigenvalue weighted by molar-refractivity contribution is -0.122. The SMILES string of the molecule is CC(CC(=O)NCc1ccnc(Oc2ccc(F)cc2)c1)C1CCNCC1. The molecule has 1 aliphatic heterocycles. The number of rotatable bonds is 7. The predicted molar refractivity (Wildman–Crippen MR) is 102 cm³/mol. The van der Waals surface area contributed by atoms with Gasteiger partial charge in [0, 0.05) is 25.2 Å². The van der Waals surface area contributed by atoms with Crippen molar-refractivity contribution in [1.82, 2.24) is 15.6 Å². The number of amides is 1. The second kappa shape index (κ2) is 9.46. The number of pyridine rings is 1. The first-order valence-electron chi connectivity index (χ1n) is 9.46. The molecule has 3 rings (SSSR count). The number of carbonyl (C=O) groups is 1. The highest BCUT2D eigenvalue weighted by Crippen LogP contribution is 2.24. The van der Waals surface area contributed by atoms with Gasteiger partial charge in [0.25, 0.3) is 0 Å². The van der Waals surface area contributed by atoms with Crippen LogP contribution in [-0.4, -0.2) is 24.0 Å². The summed E-state index contributed by atoms with van der Waals surface area (Å²) in [6.07, 6.45) is 4.47. The van der Waals surface area contributed by atoms with E-state index in [1.807, 2.05) is 6.07 Å². The van der Waals surface area contributed by atoms with Gasteiger partial charge in [-0.2, -0.15) is 0 Å². The number of carbonyl (C=O) groups excluding carboxylic acids is 1. The van der Waals surface area contributed by atoms with Gasteiger partial charge < -0.3 is 15.4 Å². The zero-order chi connectivity index (χ0) is 19.1. The number of hydrogen-bond donors (Lipinski definition) is 2. The van der Waals surface area contributed by atoms with Gasteiger partial charge in [-0.05, 0) is 73.7 Å². The van der Waals surface area contributed by atoms with Gasteiger partial charge in [-0.3, -0.25) is 4.79 Å². The summed E-state index contributed by atoms with van der Waals surface area (Å²) in [4.78, 5) is 16.4. The Bertz CT molecular complexity index is 745. The fraction of sp³-hybridized carbons (Fsp3) is 0.429. The van der Waals surface area contributed by atoms with Crippen LogP contribution < -0.4 is 15.4 Å². The van der Waals surface area contributed by atoms with Crippen LogP contribution in [-0.2, 0) is 11.3 Å². The fourth-order valence-corrected chi connectivity index (χ4v) is 3.38. The molecule has 1 amide bonds. The highest BCUT2D eigenvalue weighted by Gasteiger charge is 2.21. The number of aromatic nitrogens is 1. The molecule has 1 aliphatic rings. The molecule has 6 heteroatoms. The third kappa shape index (κ3) is 6.03. The number of nitrogens with one attached hydrogen (secondary N) is 2. The van der Waals surface area contributed by atoms with Gasteiger partial charge in [0.2, 0.25) is 11.8 Å². The molecule has 1 aromatic heterocycles. The van der Waals surface area contributed by atoms with E-state index in [0.29, 0.717) is 36.4 Å². The minimum Gasteiger partial charge on any atom is -0.439 e. The highest BCUT2D eigenvalue weighted by atomic mass is 19.1. The monoisotopic (exact) mass is 371 g/mol. The van der Waals surface area contributed by atoms with Crippen LogP contribution in [0.1, 0.15) is 31.7 Å². The van der Waals surface area contributed by atoms with Crippen LogP contribution >= 0.6 is 0 Å². The molecule has 1 fully saturated rings. The summed E-state index contributed by atoms with van der Waals surface area (Å²) in [6, 6.07) is 9.39. The van der Waals surface area contributed by atoms with E-state index in [9.17, 15) is 9.18 Å². The lowest BCUT2D eigenvalue weighted by atomic mass is 9.84. The van der Waals surface area contributed by atoms with E-state index >= 15 is 0 Å². The van der Waals surface area contributed by atoms with Crippen molar-refractivity contribution in [3.05, 3.63) is 54.0 Å². The summed E-state index contributed by atoms with van der Waals surface area (Å²) in [6.45, 7) is 4.69. The smallest absolute Gasteiger partial charge is 0.220 e. The zero-order valence-corrected chi connectivity index (χ0v) is 15.6. The summed E-state index contributed by atoms with van der Waals surface area (Å²) >= 11 is 0. The second-order valence-corrected chi connectivity index (χ2v) is 7.10. The van der Waals surface area contributed by atoms with Crippen LogP contribution in [0.4, 0.5) is 4.39 Å². The number of nitrogens with zero attached hydrogens (tertiary/aromatic N) is 1. The van der Waals surface area contributed by atoms with Crippen LogP contribution in [0.15, 0.2) is 42.6 Å². The molecule has 144 valence electrons. The summed E-state index contributed by atoms with van der Waals surface area (Å²) in [5.74, 6) is 1.69. The lowest BCUT2D eigenvalue weighted by Crippen LogP contribution is -2.33. The van der Waals surface area contributed by atoms with E-state index in [2.05, 4.69) is 22.5 Å². The van der Waals surface area contributed by atoms with E-state index in [-0.39, 0.29) is 11.7 Å². The van der Waals surface area contributed by atoms with Gasteiger partial charge in [-0.1, -0.05) is 6.92 Å². The van der Waals surface area contributed by atoms with E-state index < -0.39 is 0 Å². The van der Waals surface area contributed by atoms with Crippen molar-refractivity contribution >= 4 is 5.91 Å². The third-order valence-corrected chi connectivity index (χ3v) is 5.02. The van der Waals surface area contributed by atoms with Crippen molar-refractivity contribution in [1.29, 1.82) is 0 Å². The Morgan fingerprint density at radius 1 is 1.30 bits per heavy atom. The largest absolute Gasteiger partial charge is 0.439 e. The molecule has 5 nitrogen and oxygen atoms in total. The van der Waals surface area contributed by atoms with Crippen molar-refractivity contribution in [3.8, 4) is 11.6 Å². The van der Waals surface area contributed by atoms with Crippen LogP contribution in [0, 0.1) is 17.7 Å². The fourth-order valence-electron chi connectivity index (χ4n) is 3.38. The number of piperidine rings is 1. The molecule has 0 saturated carbocycles. The Hall–Kier alpha value is -2.47. The van der Waals surface area contributed by atoms with Crippen LogP contribution in [0.5, 0.6) is 11.6 Å². The van der Waals surface area contributed by atoms with Crippen molar-refractivity contribution in [2.45, 2.75) is 32.7 Å². The number of benzene rings is 1. The molecule has 2 heterocycles. The molecule has 0 aliphatic carbocycles. The average molecular weight is 371 g/mol. The van der Waals surface area contributed by atoms with Gasteiger partial charge in [0.05, 0.1) is 0 Å². The Morgan fingerprint density at radius 2 is 2.04 bits per heavy atom. The summed E-state index contributed by atoms with van der Waals surface area (Å²) in [5, 5.41) is 6.34. The third-order valence-electron chi connectivity index (χ3n) is 5.02. The minimum absolute atomic E-state index is 0.0684. The van der Waals surface area contributed by atoms with Crippen molar-refractivity contribution in [2.75, 3.05) is 13.1 Å². The average Bonchev–Trinajstić information content (AvgIpc) is 2.69. The lowest BCUT2D eigenvalue weighted by Gasteiger charge is -2.27. The summed E-state index contributed by atoms with van der Waals surface area (Å²) < 4.78 is 18.6. The standard InChI is InChI=1S/C21H26FN3O2/c1-15(17-7-9-23-10-8-17)12-20(26)25-14-16-6-11-24-21(13-16)27-19-4-2-18(22)3-5-19/h2-6,11,13,15,17,23H,7-10,12,14H2,1H3,(H,25,26). The normalized spacial score (nSPS) is 15.9. The molecule has 1 unspecified atom stereocenters. The molecule has 0 radical (unpaired) electrons. The molecule has 2 aromatic rings. The molecule has 0 bridgehead atoms. The van der Waals surface area contributed by atoms with E-state index in [1.54, 1.807) is 24.4 Å². The van der Waals surface area contributed by atoms with E-state index in [1.165, 1.54) is 12.1 Å². The molecule has 0 spiro atoms. The first-order chi connectivity index (χ1) is 13.1. The highest BCUT2D eigenvalue weighted by molar-refractivity contribution is 5.76. The van der Waals surface area contributed by atoms with E-state index in [0.717, 1.165) is 31.5 Å². The van der Waals surface area contributed by atoms with Crippen LogP contribution in [0.25, 0.3) is 0 Å². The minimum atomic E-state index is -0.314. The first kappa shape index (κ1) is 19.3. The first-order valence-corrected chi connectivity index (χ1v) is 9.46. The maximum atomic E-state index is 13.0. The van der Waals surface area contributed by atoms with Gasteiger partial charge >= 0.3 is 0 Å². The maximum absolute atomic E-state index is 13.0. The molecule has 1 atom stereocenters. The van der Waals surface area contributed by atoms with Gasteiger partial charge in [0.15, 0.2) is 0 Å². The van der Waals surface area contributed by atoms with Crippen molar-refractivity contribution < 1.29 is 13.9 Å². The van der Waals surface area contributed by atoms with Gasteiger partial charge in [-0.15, -0.1) is 0 Å². The van der Waals surface area contributed by atoms with Gasteiger partial charge in [0.1, 0.15) is 11.6 Å². The molecular weight excluding hydrogens is 345 g/mol. The quantitative estimate of drug-likeness (QED) is 0.780. The van der Waals surface area contributed by atoms with Gasteiger partial charge in [-0.25, -0.2) is 9.37 Å².